The van der Waals surface area contributed by atoms with Gasteiger partial charge in [0.25, 0.3) is 0 Å². The van der Waals surface area contributed by atoms with E-state index in [0.717, 1.165) is 36.5 Å². The highest BCUT2D eigenvalue weighted by Crippen LogP contribution is 2.63. The summed E-state index contributed by atoms with van der Waals surface area (Å²) in [6.45, 7) is 4.79. The van der Waals surface area contributed by atoms with E-state index in [4.69, 9.17) is 0 Å². The SMILES string of the molecule is C/C=C1/CCC2C3CCC4=CC(=O)CC[C@@H]4C3CC[C@]12C. The maximum Gasteiger partial charge on any atom is 0.155 e. The Hall–Kier alpha value is -0.850. The third-order valence-electron chi connectivity index (χ3n) is 7.50. The molecule has 4 aliphatic carbocycles. The average molecular weight is 284 g/mol. The summed E-state index contributed by atoms with van der Waals surface area (Å²) in [6, 6.07) is 0. The van der Waals surface area contributed by atoms with Crippen LogP contribution in [0, 0.1) is 29.1 Å². The van der Waals surface area contributed by atoms with Crippen molar-refractivity contribution in [3.05, 3.63) is 23.3 Å². The Balaban J connectivity index is 1.64. The predicted octanol–water partition coefficient (Wildman–Crippen LogP) is 5.07. The van der Waals surface area contributed by atoms with E-state index < -0.39 is 0 Å². The second-order valence-corrected chi connectivity index (χ2v) is 8.11. The predicted molar refractivity (Wildman–Crippen MR) is 85.9 cm³/mol. The van der Waals surface area contributed by atoms with Crippen LogP contribution in [0.25, 0.3) is 0 Å². The van der Waals surface area contributed by atoms with Crippen LogP contribution >= 0.6 is 0 Å². The van der Waals surface area contributed by atoms with Crippen LogP contribution in [0.4, 0.5) is 0 Å². The molecule has 0 aliphatic heterocycles. The fourth-order valence-corrected chi connectivity index (χ4v) is 6.50. The first-order valence-electron chi connectivity index (χ1n) is 9.02. The van der Waals surface area contributed by atoms with E-state index in [0.29, 0.717) is 11.2 Å². The molecule has 0 N–H and O–H groups in total. The quantitative estimate of drug-likeness (QED) is 0.567. The van der Waals surface area contributed by atoms with Crippen LogP contribution in [0.1, 0.15) is 65.2 Å². The van der Waals surface area contributed by atoms with Gasteiger partial charge in [-0.3, -0.25) is 4.79 Å². The minimum Gasteiger partial charge on any atom is -0.295 e. The normalized spacial score (nSPS) is 47.6. The lowest BCUT2D eigenvalue weighted by Gasteiger charge is -2.53. The van der Waals surface area contributed by atoms with E-state index in [9.17, 15) is 4.79 Å². The second kappa shape index (κ2) is 4.83. The van der Waals surface area contributed by atoms with Crippen LogP contribution in [-0.2, 0) is 4.79 Å². The van der Waals surface area contributed by atoms with Gasteiger partial charge in [0.2, 0.25) is 0 Å². The van der Waals surface area contributed by atoms with E-state index in [1.807, 2.05) is 6.08 Å². The van der Waals surface area contributed by atoms with Crippen molar-refractivity contribution in [2.24, 2.45) is 29.1 Å². The molecule has 3 fully saturated rings. The van der Waals surface area contributed by atoms with Gasteiger partial charge in [0, 0.05) is 6.42 Å². The van der Waals surface area contributed by atoms with E-state index in [2.05, 4.69) is 19.9 Å². The fourth-order valence-electron chi connectivity index (χ4n) is 6.50. The lowest BCUT2D eigenvalue weighted by molar-refractivity contribution is -0.115. The van der Waals surface area contributed by atoms with Gasteiger partial charge in [0.15, 0.2) is 5.78 Å². The van der Waals surface area contributed by atoms with Gasteiger partial charge >= 0.3 is 0 Å². The first-order valence-corrected chi connectivity index (χ1v) is 9.02. The third-order valence-corrected chi connectivity index (χ3v) is 7.50. The molecule has 0 amide bonds. The van der Waals surface area contributed by atoms with Gasteiger partial charge in [-0.15, -0.1) is 0 Å². The molecule has 5 atom stereocenters. The van der Waals surface area contributed by atoms with Crippen molar-refractivity contribution >= 4 is 5.78 Å². The molecule has 4 rings (SSSR count). The first kappa shape index (κ1) is 13.8. The van der Waals surface area contributed by atoms with Gasteiger partial charge in [-0.2, -0.15) is 0 Å². The molecule has 0 saturated heterocycles. The van der Waals surface area contributed by atoms with Gasteiger partial charge in [-0.05, 0) is 87.0 Å². The van der Waals surface area contributed by atoms with Crippen LogP contribution in [0.2, 0.25) is 0 Å². The van der Waals surface area contributed by atoms with Crippen molar-refractivity contribution in [3.8, 4) is 0 Å². The number of carbonyl (C=O) groups excluding carboxylic acids is 1. The average Bonchev–Trinajstić information content (AvgIpc) is 2.83. The lowest BCUT2D eigenvalue weighted by Crippen LogP contribution is -2.45. The molecule has 3 saturated carbocycles. The number of hydrogen-bond donors (Lipinski definition) is 0. The Morgan fingerprint density at radius 1 is 1.10 bits per heavy atom. The van der Waals surface area contributed by atoms with Crippen molar-refractivity contribution in [2.45, 2.75) is 65.2 Å². The number of allylic oxidation sites excluding steroid dienone is 3. The van der Waals surface area contributed by atoms with Gasteiger partial charge in [-0.25, -0.2) is 0 Å². The van der Waals surface area contributed by atoms with E-state index in [1.54, 1.807) is 5.57 Å². The molecule has 0 radical (unpaired) electrons. The minimum atomic E-state index is 0.386. The van der Waals surface area contributed by atoms with Gasteiger partial charge in [0.1, 0.15) is 0 Å². The molecule has 0 aromatic rings. The van der Waals surface area contributed by atoms with E-state index >= 15 is 0 Å². The van der Waals surface area contributed by atoms with Gasteiger partial charge in [0.05, 0.1) is 0 Å². The first-order chi connectivity index (χ1) is 10.1. The maximum absolute atomic E-state index is 11.7. The van der Waals surface area contributed by atoms with Crippen LogP contribution in [0.15, 0.2) is 23.3 Å². The second-order valence-electron chi connectivity index (χ2n) is 8.11. The Bertz CT molecular complexity index is 526. The standard InChI is InChI=1S/C20H28O/c1-3-14-5-9-19-18-7-4-13-12-15(21)6-8-16(13)17(18)10-11-20(14,19)2/h3,12,16-19H,4-11H2,1-2H3/b14-3-/t16-,17?,18?,19?,20+/m0/s1. The summed E-state index contributed by atoms with van der Waals surface area (Å²) in [5.41, 5.74) is 3.76. The molecule has 21 heavy (non-hydrogen) atoms. The van der Waals surface area contributed by atoms with Crippen molar-refractivity contribution in [1.29, 1.82) is 0 Å². The summed E-state index contributed by atoms with van der Waals surface area (Å²) in [5.74, 6) is 3.86. The molecule has 1 nitrogen and oxygen atoms in total. The number of rotatable bonds is 0. The third kappa shape index (κ3) is 1.92. The molecule has 3 unspecified atom stereocenters. The molecule has 0 spiro atoms. The molecule has 0 aromatic heterocycles. The fraction of sp³-hybridized carbons (Fsp3) is 0.750. The molecule has 114 valence electrons. The highest BCUT2D eigenvalue weighted by Gasteiger charge is 2.53. The summed E-state index contributed by atoms with van der Waals surface area (Å²) < 4.78 is 0. The molecular weight excluding hydrogens is 256 g/mol. The highest BCUT2D eigenvalue weighted by molar-refractivity contribution is 5.91. The van der Waals surface area contributed by atoms with E-state index in [1.165, 1.54) is 44.1 Å². The summed E-state index contributed by atoms with van der Waals surface area (Å²) in [6.07, 6.45) is 14.5. The maximum atomic E-state index is 11.7. The number of fused-ring (bicyclic) bond motifs is 5. The van der Waals surface area contributed by atoms with E-state index in [-0.39, 0.29) is 0 Å². The molecule has 0 aromatic carbocycles. The molecule has 0 heterocycles. The van der Waals surface area contributed by atoms with Crippen LogP contribution in [-0.4, -0.2) is 5.78 Å². The number of hydrogen-bond acceptors (Lipinski definition) is 1. The lowest BCUT2D eigenvalue weighted by atomic mass is 9.52. The molecule has 1 heteroatoms. The van der Waals surface area contributed by atoms with Crippen LogP contribution in [0.3, 0.4) is 0 Å². The summed E-state index contributed by atoms with van der Waals surface area (Å²) in [5, 5.41) is 0. The topological polar surface area (TPSA) is 17.1 Å². The van der Waals surface area contributed by atoms with Crippen LogP contribution in [0.5, 0.6) is 0 Å². The molecule has 4 aliphatic rings. The monoisotopic (exact) mass is 284 g/mol. The summed E-state index contributed by atoms with van der Waals surface area (Å²) >= 11 is 0. The zero-order valence-corrected chi connectivity index (χ0v) is 13.5. The summed E-state index contributed by atoms with van der Waals surface area (Å²) in [4.78, 5) is 11.7. The smallest absolute Gasteiger partial charge is 0.155 e. The zero-order valence-electron chi connectivity index (χ0n) is 13.5. The van der Waals surface area contributed by atoms with Crippen molar-refractivity contribution in [3.63, 3.8) is 0 Å². The molecular formula is C20H28O. The van der Waals surface area contributed by atoms with Crippen molar-refractivity contribution in [2.75, 3.05) is 0 Å². The van der Waals surface area contributed by atoms with Gasteiger partial charge in [-0.1, -0.05) is 24.1 Å². The molecule has 0 bridgehead atoms. The largest absolute Gasteiger partial charge is 0.295 e. The minimum absolute atomic E-state index is 0.386. The van der Waals surface area contributed by atoms with Gasteiger partial charge < -0.3 is 0 Å². The number of ketones is 1. The number of carbonyl (C=O) groups is 1. The zero-order chi connectivity index (χ0) is 14.6. The van der Waals surface area contributed by atoms with Crippen molar-refractivity contribution in [1.82, 2.24) is 0 Å². The van der Waals surface area contributed by atoms with Crippen molar-refractivity contribution < 1.29 is 4.79 Å². The Morgan fingerprint density at radius 2 is 1.95 bits per heavy atom. The van der Waals surface area contributed by atoms with Crippen LogP contribution < -0.4 is 0 Å². The Kier molecular flexibility index (Phi) is 3.17. The Labute approximate surface area is 128 Å². The highest BCUT2D eigenvalue weighted by atomic mass is 16.1. The summed E-state index contributed by atoms with van der Waals surface area (Å²) in [7, 11) is 0. The Morgan fingerprint density at radius 3 is 2.76 bits per heavy atom.